The summed E-state index contributed by atoms with van der Waals surface area (Å²) in [5.41, 5.74) is 4.86. The second kappa shape index (κ2) is 8.61. The van der Waals surface area contributed by atoms with Crippen molar-refractivity contribution in [2.24, 2.45) is 0 Å². The van der Waals surface area contributed by atoms with E-state index in [0.717, 1.165) is 33.7 Å². The SMILES string of the molecule is COc1ccc(C(NC(=O)c2[nH]nc(-c3ccccc3)c2C)c2ccncc2)cc1. The summed E-state index contributed by atoms with van der Waals surface area (Å²) >= 11 is 0. The van der Waals surface area contributed by atoms with Gasteiger partial charge in [-0.2, -0.15) is 5.10 Å². The van der Waals surface area contributed by atoms with Crippen LogP contribution in [-0.4, -0.2) is 28.2 Å². The minimum absolute atomic E-state index is 0.222. The number of carbonyl (C=O) groups is 1. The monoisotopic (exact) mass is 398 g/mol. The van der Waals surface area contributed by atoms with Crippen molar-refractivity contribution in [1.82, 2.24) is 20.5 Å². The first-order chi connectivity index (χ1) is 14.7. The van der Waals surface area contributed by atoms with E-state index < -0.39 is 0 Å². The third kappa shape index (κ3) is 3.93. The number of methoxy groups -OCH3 is 1. The number of rotatable bonds is 6. The van der Waals surface area contributed by atoms with Gasteiger partial charge in [-0.25, -0.2) is 0 Å². The van der Waals surface area contributed by atoms with Crippen LogP contribution in [0.25, 0.3) is 11.3 Å². The minimum atomic E-state index is -0.339. The second-order valence-electron chi connectivity index (χ2n) is 6.90. The number of nitrogens with zero attached hydrogens (tertiary/aromatic N) is 2. The Kier molecular flexibility index (Phi) is 5.57. The molecule has 2 heterocycles. The number of aromatic nitrogens is 3. The Hall–Kier alpha value is -3.93. The number of aromatic amines is 1. The molecule has 1 unspecified atom stereocenters. The van der Waals surface area contributed by atoms with Crippen LogP contribution in [0, 0.1) is 6.92 Å². The smallest absolute Gasteiger partial charge is 0.270 e. The quantitative estimate of drug-likeness (QED) is 0.507. The summed E-state index contributed by atoms with van der Waals surface area (Å²) in [6.07, 6.45) is 3.43. The maximum Gasteiger partial charge on any atom is 0.270 e. The normalized spacial score (nSPS) is 11.7. The fourth-order valence-electron chi connectivity index (χ4n) is 3.41. The summed E-state index contributed by atoms with van der Waals surface area (Å²) in [5, 5.41) is 10.4. The second-order valence-corrected chi connectivity index (χ2v) is 6.90. The number of benzene rings is 2. The third-order valence-electron chi connectivity index (χ3n) is 5.05. The highest BCUT2D eigenvalue weighted by Gasteiger charge is 2.22. The maximum atomic E-state index is 13.2. The molecule has 0 saturated heterocycles. The van der Waals surface area contributed by atoms with Crippen molar-refractivity contribution >= 4 is 5.91 Å². The molecule has 2 aromatic heterocycles. The Labute approximate surface area is 175 Å². The van der Waals surface area contributed by atoms with Gasteiger partial charge >= 0.3 is 0 Å². The van der Waals surface area contributed by atoms with Crippen molar-refractivity contribution < 1.29 is 9.53 Å². The Morgan fingerprint density at radius 1 is 0.967 bits per heavy atom. The summed E-state index contributed by atoms with van der Waals surface area (Å²) in [6.45, 7) is 1.90. The zero-order valence-electron chi connectivity index (χ0n) is 16.8. The molecular formula is C24H22N4O2. The number of amides is 1. The number of H-pyrrole nitrogens is 1. The van der Waals surface area contributed by atoms with E-state index >= 15 is 0 Å². The number of ether oxygens (including phenoxy) is 1. The summed E-state index contributed by atoms with van der Waals surface area (Å²) < 4.78 is 5.25. The fraction of sp³-hybridized carbons (Fsp3) is 0.125. The molecule has 4 aromatic rings. The highest BCUT2D eigenvalue weighted by Crippen LogP contribution is 2.26. The maximum absolute atomic E-state index is 13.2. The van der Waals surface area contributed by atoms with Gasteiger partial charge in [0.25, 0.3) is 5.91 Å². The molecule has 150 valence electrons. The highest BCUT2D eigenvalue weighted by molar-refractivity contribution is 5.95. The van der Waals surface area contributed by atoms with Crippen LogP contribution in [0.4, 0.5) is 0 Å². The van der Waals surface area contributed by atoms with Crippen LogP contribution >= 0.6 is 0 Å². The molecule has 0 radical (unpaired) electrons. The summed E-state index contributed by atoms with van der Waals surface area (Å²) in [4.78, 5) is 17.3. The topological polar surface area (TPSA) is 79.9 Å². The Bertz CT molecular complexity index is 1120. The molecule has 6 nitrogen and oxygen atoms in total. The van der Waals surface area contributed by atoms with Crippen molar-refractivity contribution in [2.75, 3.05) is 7.11 Å². The molecule has 6 heteroatoms. The lowest BCUT2D eigenvalue weighted by Crippen LogP contribution is -2.30. The molecule has 2 aromatic carbocycles. The molecule has 0 bridgehead atoms. The predicted molar refractivity (Wildman–Crippen MR) is 115 cm³/mol. The lowest BCUT2D eigenvalue weighted by Gasteiger charge is -2.20. The van der Waals surface area contributed by atoms with Gasteiger partial charge in [0.15, 0.2) is 0 Å². The lowest BCUT2D eigenvalue weighted by molar-refractivity contribution is 0.0937. The molecule has 0 aliphatic carbocycles. The van der Waals surface area contributed by atoms with Crippen LogP contribution in [0.3, 0.4) is 0 Å². The van der Waals surface area contributed by atoms with E-state index in [1.165, 1.54) is 0 Å². The molecule has 0 aliphatic rings. The molecule has 0 aliphatic heterocycles. The van der Waals surface area contributed by atoms with E-state index in [0.29, 0.717) is 5.69 Å². The van der Waals surface area contributed by atoms with Gasteiger partial charge in [0.1, 0.15) is 11.4 Å². The van der Waals surface area contributed by atoms with E-state index in [1.807, 2.05) is 73.7 Å². The van der Waals surface area contributed by atoms with Crippen LogP contribution in [0.2, 0.25) is 0 Å². The minimum Gasteiger partial charge on any atom is -0.497 e. The van der Waals surface area contributed by atoms with E-state index in [1.54, 1.807) is 19.5 Å². The first-order valence-corrected chi connectivity index (χ1v) is 9.62. The van der Waals surface area contributed by atoms with E-state index in [4.69, 9.17) is 4.74 Å². The molecule has 1 amide bonds. The van der Waals surface area contributed by atoms with Gasteiger partial charge < -0.3 is 10.1 Å². The number of nitrogens with one attached hydrogen (secondary N) is 2. The van der Waals surface area contributed by atoms with Gasteiger partial charge in [-0.1, -0.05) is 42.5 Å². The van der Waals surface area contributed by atoms with Crippen molar-refractivity contribution in [3.05, 3.63) is 102 Å². The average Bonchev–Trinajstić information content (AvgIpc) is 3.20. The summed E-state index contributed by atoms with van der Waals surface area (Å²) in [5.74, 6) is 0.537. The van der Waals surface area contributed by atoms with Crippen LogP contribution in [0.15, 0.2) is 79.1 Å². The van der Waals surface area contributed by atoms with Crippen LogP contribution < -0.4 is 10.1 Å². The van der Waals surface area contributed by atoms with Gasteiger partial charge in [0.2, 0.25) is 0 Å². The van der Waals surface area contributed by atoms with Crippen molar-refractivity contribution in [3.8, 4) is 17.0 Å². The largest absolute Gasteiger partial charge is 0.497 e. The van der Waals surface area contributed by atoms with E-state index in [-0.39, 0.29) is 11.9 Å². The predicted octanol–water partition coefficient (Wildman–Crippen LogP) is 4.31. The number of carbonyl (C=O) groups excluding carboxylic acids is 1. The Morgan fingerprint density at radius 3 is 2.30 bits per heavy atom. The molecule has 2 N–H and O–H groups in total. The zero-order valence-corrected chi connectivity index (χ0v) is 16.8. The van der Waals surface area contributed by atoms with Gasteiger partial charge in [-0.05, 0) is 42.3 Å². The van der Waals surface area contributed by atoms with Crippen LogP contribution in [0.5, 0.6) is 5.75 Å². The summed E-state index contributed by atoms with van der Waals surface area (Å²) in [6, 6.07) is 20.9. The molecule has 4 rings (SSSR count). The fourth-order valence-corrected chi connectivity index (χ4v) is 3.41. The Morgan fingerprint density at radius 2 is 1.63 bits per heavy atom. The van der Waals surface area contributed by atoms with Gasteiger partial charge in [-0.15, -0.1) is 0 Å². The van der Waals surface area contributed by atoms with E-state index in [2.05, 4.69) is 20.5 Å². The molecule has 0 spiro atoms. The zero-order chi connectivity index (χ0) is 20.9. The summed E-state index contributed by atoms with van der Waals surface area (Å²) in [7, 11) is 1.63. The standard InChI is InChI=1S/C24H22N4O2/c1-16-21(17-6-4-3-5-7-17)27-28-22(16)24(29)26-23(19-12-14-25-15-13-19)18-8-10-20(30-2)11-9-18/h3-15,23H,1-2H3,(H,26,29)(H,27,28). The molecular weight excluding hydrogens is 376 g/mol. The molecule has 30 heavy (non-hydrogen) atoms. The van der Waals surface area contributed by atoms with Crippen molar-refractivity contribution in [3.63, 3.8) is 0 Å². The molecule has 0 fully saturated rings. The molecule has 1 atom stereocenters. The number of pyridine rings is 1. The third-order valence-corrected chi connectivity index (χ3v) is 5.05. The Balaban J connectivity index is 1.65. The highest BCUT2D eigenvalue weighted by atomic mass is 16.5. The number of hydrogen-bond acceptors (Lipinski definition) is 4. The molecule has 0 saturated carbocycles. The first-order valence-electron chi connectivity index (χ1n) is 9.62. The van der Waals surface area contributed by atoms with Crippen LogP contribution in [0.1, 0.15) is 33.2 Å². The van der Waals surface area contributed by atoms with Crippen molar-refractivity contribution in [1.29, 1.82) is 0 Å². The van der Waals surface area contributed by atoms with Gasteiger partial charge in [0.05, 0.1) is 18.8 Å². The van der Waals surface area contributed by atoms with E-state index in [9.17, 15) is 4.79 Å². The lowest BCUT2D eigenvalue weighted by atomic mass is 9.99. The van der Waals surface area contributed by atoms with Gasteiger partial charge in [-0.3, -0.25) is 14.9 Å². The average molecular weight is 398 g/mol. The van der Waals surface area contributed by atoms with Crippen molar-refractivity contribution in [2.45, 2.75) is 13.0 Å². The first kappa shape index (κ1) is 19.4. The van der Waals surface area contributed by atoms with Gasteiger partial charge in [0, 0.05) is 23.5 Å². The van der Waals surface area contributed by atoms with Crippen LogP contribution in [-0.2, 0) is 0 Å². The number of hydrogen-bond donors (Lipinski definition) is 2.